The van der Waals surface area contributed by atoms with Gasteiger partial charge < -0.3 is 5.32 Å². The van der Waals surface area contributed by atoms with E-state index < -0.39 is 0 Å². The highest BCUT2D eigenvalue weighted by atomic mass is 79.9. The van der Waals surface area contributed by atoms with E-state index in [0.717, 1.165) is 4.47 Å². The molecule has 0 radical (unpaired) electrons. The zero-order valence-corrected chi connectivity index (χ0v) is 13.2. The lowest BCUT2D eigenvalue weighted by molar-refractivity contribution is 0.396. The number of fused-ring (bicyclic) bond motifs is 1. The lowest BCUT2D eigenvalue weighted by Crippen LogP contribution is -2.31. The van der Waals surface area contributed by atoms with Gasteiger partial charge in [0.2, 0.25) is 5.95 Å². The van der Waals surface area contributed by atoms with Gasteiger partial charge in [-0.25, -0.2) is 4.68 Å². The first-order valence-corrected chi connectivity index (χ1v) is 7.35. The highest BCUT2D eigenvalue weighted by Crippen LogP contribution is 2.38. The molecule has 0 saturated carbocycles. The molecule has 0 fully saturated rings. The number of hydrogen-bond donors (Lipinski definition) is 1. The minimum absolute atomic E-state index is 0.110. The van der Waals surface area contributed by atoms with Gasteiger partial charge >= 0.3 is 0 Å². The van der Waals surface area contributed by atoms with Crippen molar-refractivity contribution in [3.05, 3.63) is 45.6 Å². The summed E-state index contributed by atoms with van der Waals surface area (Å²) in [5.41, 5.74) is 3.66. The number of nitrogens with zero attached hydrogens (tertiary/aromatic N) is 4. The number of halogens is 1. The lowest BCUT2D eigenvalue weighted by Gasteiger charge is -2.33. The van der Waals surface area contributed by atoms with Gasteiger partial charge in [0.25, 0.3) is 0 Å². The van der Waals surface area contributed by atoms with Crippen molar-refractivity contribution in [3.63, 3.8) is 0 Å². The summed E-state index contributed by atoms with van der Waals surface area (Å²) in [6.07, 6.45) is 0. The molecule has 0 bridgehead atoms. The standard InChI is InChI=1S/C14H16BrN5/c1-8(2)12-9(3)13(10-4-6-11(15)7-5-10)20-14(16-12)17-18-19-20/h4-7,9,13H,1-3H3,(H,16,17,19). The summed E-state index contributed by atoms with van der Waals surface area (Å²) < 4.78 is 2.93. The first kappa shape index (κ1) is 13.3. The van der Waals surface area contributed by atoms with E-state index in [1.807, 2.05) is 4.68 Å². The fraction of sp³-hybridized carbons (Fsp3) is 0.357. The molecule has 3 rings (SSSR count). The molecule has 2 heterocycles. The molecule has 1 aromatic carbocycles. The third kappa shape index (κ3) is 2.14. The van der Waals surface area contributed by atoms with Gasteiger partial charge in [-0.3, -0.25) is 0 Å². The average Bonchev–Trinajstić information content (AvgIpc) is 2.87. The molecule has 0 amide bonds. The first-order chi connectivity index (χ1) is 9.58. The lowest BCUT2D eigenvalue weighted by atomic mass is 9.89. The van der Waals surface area contributed by atoms with Crippen LogP contribution in [0.15, 0.2) is 40.0 Å². The molecule has 20 heavy (non-hydrogen) atoms. The number of tetrazole rings is 1. The van der Waals surface area contributed by atoms with Gasteiger partial charge in [0.1, 0.15) is 0 Å². The SMILES string of the molecule is CC(C)=C1Nc2nnnn2C(c2ccc(Br)cc2)C1C. The predicted octanol–water partition coefficient (Wildman–Crippen LogP) is 3.38. The molecule has 1 aromatic heterocycles. The van der Waals surface area contributed by atoms with Crippen LogP contribution in [0.3, 0.4) is 0 Å². The van der Waals surface area contributed by atoms with E-state index in [1.165, 1.54) is 16.8 Å². The maximum Gasteiger partial charge on any atom is 0.247 e. The number of hydrogen-bond acceptors (Lipinski definition) is 4. The number of aromatic nitrogens is 4. The van der Waals surface area contributed by atoms with Gasteiger partial charge in [-0.1, -0.05) is 45.7 Å². The highest BCUT2D eigenvalue weighted by Gasteiger charge is 2.33. The number of rotatable bonds is 1. The Hall–Kier alpha value is -1.69. The van der Waals surface area contributed by atoms with Crippen LogP contribution in [-0.4, -0.2) is 20.2 Å². The van der Waals surface area contributed by atoms with Crippen molar-refractivity contribution in [3.8, 4) is 0 Å². The van der Waals surface area contributed by atoms with Crippen molar-refractivity contribution < 1.29 is 0 Å². The van der Waals surface area contributed by atoms with Crippen molar-refractivity contribution in [2.24, 2.45) is 5.92 Å². The molecule has 2 atom stereocenters. The van der Waals surface area contributed by atoms with Gasteiger partial charge in [-0.2, -0.15) is 0 Å². The van der Waals surface area contributed by atoms with Crippen molar-refractivity contribution >= 4 is 21.9 Å². The Morgan fingerprint density at radius 2 is 1.95 bits per heavy atom. The van der Waals surface area contributed by atoms with E-state index in [1.54, 1.807) is 0 Å². The van der Waals surface area contributed by atoms with Crippen LogP contribution in [0.4, 0.5) is 5.95 Å². The average molecular weight is 334 g/mol. The third-order valence-corrected chi connectivity index (χ3v) is 4.21. The van der Waals surface area contributed by atoms with Crippen molar-refractivity contribution in [1.82, 2.24) is 20.2 Å². The maximum atomic E-state index is 4.14. The largest absolute Gasteiger partial charge is 0.326 e. The molecular weight excluding hydrogens is 318 g/mol. The molecule has 2 unspecified atom stereocenters. The molecule has 1 aliphatic rings. The molecule has 6 heteroatoms. The van der Waals surface area contributed by atoms with Gasteiger partial charge in [-0.05, 0) is 42.0 Å². The van der Waals surface area contributed by atoms with Gasteiger partial charge in [0.05, 0.1) is 6.04 Å². The van der Waals surface area contributed by atoms with E-state index in [2.05, 4.69) is 81.8 Å². The Kier molecular flexibility index (Phi) is 3.33. The second-order valence-corrected chi connectivity index (χ2v) is 6.19. The van der Waals surface area contributed by atoms with E-state index in [9.17, 15) is 0 Å². The van der Waals surface area contributed by atoms with E-state index in [4.69, 9.17) is 0 Å². The molecule has 5 nitrogen and oxygen atoms in total. The summed E-state index contributed by atoms with van der Waals surface area (Å²) in [5.74, 6) is 0.990. The summed E-state index contributed by atoms with van der Waals surface area (Å²) in [6, 6.07) is 8.45. The van der Waals surface area contributed by atoms with Crippen LogP contribution in [0.5, 0.6) is 0 Å². The van der Waals surface area contributed by atoms with Gasteiger partial charge in [0, 0.05) is 16.1 Å². The van der Waals surface area contributed by atoms with Crippen LogP contribution in [0.2, 0.25) is 0 Å². The summed E-state index contributed by atoms with van der Waals surface area (Å²) in [7, 11) is 0. The summed E-state index contributed by atoms with van der Waals surface area (Å²) in [5, 5.41) is 15.3. The Labute approximate surface area is 126 Å². The number of allylic oxidation sites excluding steroid dienone is 2. The Morgan fingerprint density at radius 3 is 2.60 bits per heavy atom. The van der Waals surface area contributed by atoms with Crippen molar-refractivity contribution in [1.29, 1.82) is 0 Å². The fourth-order valence-corrected chi connectivity index (χ4v) is 3.00. The van der Waals surface area contributed by atoms with E-state index in [0.29, 0.717) is 5.95 Å². The van der Waals surface area contributed by atoms with Crippen LogP contribution >= 0.6 is 15.9 Å². The highest BCUT2D eigenvalue weighted by molar-refractivity contribution is 9.10. The number of nitrogens with one attached hydrogen (secondary N) is 1. The normalized spacial score (nSPS) is 21.3. The Morgan fingerprint density at radius 1 is 1.25 bits per heavy atom. The van der Waals surface area contributed by atoms with Crippen molar-refractivity contribution in [2.75, 3.05) is 5.32 Å². The van der Waals surface area contributed by atoms with Gasteiger partial charge in [0.15, 0.2) is 0 Å². The van der Waals surface area contributed by atoms with Crippen LogP contribution in [0, 0.1) is 5.92 Å². The second-order valence-electron chi connectivity index (χ2n) is 5.27. The smallest absolute Gasteiger partial charge is 0.247 e. The molecule has 0 spiro atoms. The molecule has 104 valence electrons. The second kappa shape index (κ2) is 5.01. The third-order valence-electron chi connectivity index (χ3n) is 3.68. The van der Waals surface area contributed by atoms with Crippen LogP contribution in [0.1, 0.15) is 32.4 Å². The fourth-order valence-electron chi connectivity index (χ4n) is 2.74. The molecule has 1 aliphatic heterocycles. The van der Waals surface area contributed by atoms with E-state index in [-0.39, 0.29) is 12.0 Å². The van der Waals surface area contributed by atoms with Crippen LogP contribution in [0.25, 0.3) is 0 Å². The molecular formula is C14H16BrN5. The van der Waals surface area contributed by atoms with Gasteiger partial charge in [-0.15, -0.1) is 0 Å². The Balaban J connectivity index is 2.13. The minimum Gasteiger partial charge on any atom is -0.326 e. The number of benzene rings is 1. The topological polar surface area (TPSA) is 55.6 Å². The molecule has 0 aliphatic carbocycles. The zero-order chi connectivity index (χ0) is 14.3. The predicted molar refractivity (Wildman–Crippen MR) is 81.3 cm³/mol. The molecule has 1 N–H and O–H groups in total. The molecule has 2 aromatic rings. The molecule has 0 saturated heterocycles. The first-order valence-electron chi connectivity index (χ1n) is 6.55. The Bertz CT molecular complexity index is 654. The van der Waals surface area contributed by atoms with Crippen LogP contribution in [-0.2, 0) is 0 Å². The summed E-state index contributed by atoms with van der Waals surface area (Å²) in [6.45, 7) is 6.42. The zero-order valence-electron chi connectivity index (χ0n) is 11.6. The minimum atomic E-state index is 0.110. The summed E-state index contributed by atoms with van der Waals surface area (Å²) >= 11 is 3.48. The van der Waals surface area contributed by atoms with E-state index >= 15 is 0 Å². The summed E-state index contributed by atoms with van der Waals surface area (Å²) in [4.78, 5) is 0. The van der Waals surface area contributed by atoms with Crippen molar-refractivity contribution in [2.45, 2.75) is 26.8 Å². The monoisotopic (exact) mass is 333 g/mol. The maximum absolute atomic E-state index is 4.14. The van der Waals surface area contributed by atoms with Crippen LogP contribution < -0.4 is 5.32 Å². The quantitative estimate of drug-likeness (QED) is 0.869. The number of anilines is 1.